The maximum atomic E-state index is 14.7. The van der Waals surface area contributed by atoms with E-state index in [0.29, 0.717) is 39.1 Å². The molecule has 0 bridgehead atoms. The van der Waals surface area contributed by atoms with Gasteiger partial charge in [-0.15, -0.1) is 0 Å². The Morgan fingerprint density at radius 1 is 1.12 bits per heavy atom. The highest BCUT2D eigenvalue weighted by atomic mass is 35.5. The number of allylic oxidation sites excluding steroid dienone is 1. The van der Waals surface area contributed by atoms with Crippen molar-refractivity contribution < 1.29 is 13.6 Å². The maximum Gasteiger partial charge on any atom is 0.230 e. The first-order valence-corrected chi connectivity index (χ1v) is 10.9. The molecule has 0 spiro atoms. The number of amides is 1. The number of nitrogens with one attached hydrogen (secondary N) is 1. The number of aromatic nitrogens is 2. The van der Waals surface area contributed by atoms with Crippen LogP contribution in [0.3, 0.4) is 0 Å². The standard InChI is InChI=1S/C25H20ClF2N3O/c1-13-6-22(28)18-7-17(11-30-25(13)18)15-4-5-16(21(27)8-15)9-24(32)31-23-10-20(26)19(12-29-23)14-2-3-14/h4-8,10-14H,2-3,9H2,1H3,(H,29,31,32). The minimum absolute atomic E-state index is 0.0778. The quantitative estimate of drug-likeness (QED) is 0.486. The summed E-state index contributed by atoms with van der Waals surface area (Å²) < 4.78 is 28.8. The summed E-state index contributed by atoms with van der Waals surface area (Å²) in [5.74, 6) is -0.489. The van der Waals surface area contributed by atoms with Crippen LogP contribution in [0.5, 0.6) is 0 Å². The summed E-state index contributed by atoms with van der Waals surface area (Å²) in [6.45, 7) is 1.88. The monoisotopic (exact) mass is 451 g/mol. The molecule has 0 radical (unpaired) electrons. The Kier molecular flexibility index (Phi) is 5.25. The van der Waals surface area contributed by atoms with Gasteiger partial charge in [0.15, 0.2) is 0 Å². The summed E-state index contributed by atoms with van der Waals surface area (Å²) >= 11 is 6.28. The van der Waals surface area contributed by atoms with Gasteiger partial charge in [-0.1, -0.05) is 30.7 Å². The molecule has 7 heteroatoms. The lowest BCUT2D eigenvalue weighted by Gasteiger charge is -2.10. The molecule has 162 valence electrons. The number of nitrogens with zero attached hydrogens (tertiary/aromatic N) is 2. The number of benzene rings is 1. The van der Waals surface area contributed by atoms with Gasteiger partial charge in [-0.25, -0.2) is 13.8 Å². The van der Waals surface area contributed by atoms with Crippen molar-refractivity contribution in [2.75, 3.05) is 5.32 Å². The molecular weight excluding hydrogens is 432 g/mol. The predicted molar refractivity (Wildman–Crippen MR) is 121 cm³/mol. The average molecular weight is 452 g/mol. The van der Waals surface area contributed by atoms with E-state index in [2.05, 4.69) is 15.3 Å². The third-order valence-electron chi connectivity index (χ3n) is 5.91. The molecule has 1 unspecified atom stereocenters. The number of hydrogen-bond donors (Lipinski definition) is 1. The zero-order valence-corrected chi connectivity index (χ0v) is 18.1. The minimum Gasteiger partial charge on any atom is -0.310 e. The molecule has 4 nitrogen and oxygen atoms in total. The van der Waals surface area contributed by atoms with Crippen molar-refractivity contribution >= 4 is 29.2 Å². The molecule has 1 amide bonds. The summed E-state index contributed by atoms with van der Waals surface area (Å²) in [4.78, 5) is 21.0. The fourth-order valence-corrected chi connectivity index (χ4v) is 4.32. The van der Waals surface area contributed by atoms with Crippen molar-refractivity contribution in [3.8, 4) is 11.1 Å². The number of anilines is 1. The highest BCUT2D eigenvalue weighted by Crippen LogP contribution is 2.43. The van der Waals surface area contributed by atoms with Crippen molar-refractivity contribution in [2.24, 2.45) is 0 Å². The number of pyridine rings is 2. The van der Waals surface area contributed by atoms with Crippen LogP contribution < -0.4 is 5.32 Å². The Morgan fingerprint density at radius 3 is 2.66 bits per heavy atom. The van der Waals surface area contributed by atoms with Crippen molar-refractivity contribution in [1.82, 2.24) is 9.97 Å². The molecule has 2 aliphatic rings. The Bertz CT molecular complexity index is 1270. The fourth-order valence-electron chi connectivity index (χ4n) is 4.01. The lowest BCUT2D eigenvalue weighted by atomic mass is 10.0. The SMILES string of the molecule is CC1C=C(F)c2cc(-c3ccc(CC(=O)Nc4cc(Cl)c(C5CC5)cn4)c(F)c3)cnc21. The van der Waals surface area contributed by atoms with Crippen LogP contribution in [0, 0.1) is 5.82 Å². The Labute approximate surface area is 189 Å². The Hall–Kier alpha value is -3.12. The summed E-state index contributed by atoms with van der Waals surface area (Å²) in [7, 11) is 0. The lowest BCUT2D eigenvalue weighted by Crippen LogP contribution is -2.16. The molecule has 5 rings (SSSR count). The van der Waals surface area contributed by atoms with E-state index in [1.54, 1.807) is 36.7 Å². The molecule has 1 N–H and O–H groups in total. The molecule has 1 saturated carbocycles. The number of carbonyl (C=O) groups excluding carboxylic acids is 1. The van der Waals surface area contributed by atoms with E-state index in [9.17, 15) is 13.6 Å². The van der Waals surface area contributed by atoms with Gasteiger partial charge >= 0.3 is 0 Å². The van der Waals surface area contributed by atoms with E-state index < -0.39 is 5.82 Å². The van der Waals surface area contributed by atoms with Gasteiger partial charge in [-0.3, -0.25) is 9.78 Å². The summed E-state index contributed by atoms with van der Waals surface area (Å²) in [6.07, 6.45) is 6.89. The van der Waals surface area contributed by atoms with Crippen LogP contribution in [0.15, 0.2) is 48.8 Å². The zero-order valence-electron chi connectivity index (χ0n) is 17.3. The first kappa shape index (κ1) is 20.8. The smallest absolute Gasteiger partial charge is 0.230 e. The minimum atomic E-state index is -0.516. The zero-order chi connectivity index (χ0) is 22.4. The summed E-state index contributed by atoms with van der Waals surface area (Å²) in [5, 5.41) is 3.25. The molecule has 1 fully saturated rings. The second-order valence-corrected chi connectivity index (χ2v) is 8.76. The van der Waals surface area contributed by atoms with Gasteiger partial charge in [0.2, 0.25) is 5.91 Å². The van der Waals surface area contributed by atoms with Crippen molar-refractivity contribution in [3.63, 3.8) is 0 Å². The highest BCUT2D eigenvalue weighted by molar-refractivity contribution is 6.31. The first-order chi connectivity index (χ1) is 15.4. The van der Waals surface area contributed by atoms with Crippen molar-refractivity contribution in [2.45, 2.75) is 38.0 Å². The maximum absolute atomic E-state index is 14.7. The number of fused-ring (bicyclic) bond motifs is 1. The van der Waals surface area contributed by atoms with Crippen LogP contribution >= 0.6 is 11.6 Å². The molecule has 0 saturated heterocycles. The normalized spacial score (nSPS) is 17.1. The molecular formula is C25H20ClF2N3O. The van der Waals surface area contributed by atoms with E-state index in [1.807, 2.05) is 6.92 Å². The van der Waals surface area contributed by atoms with Crippen LogP contribution in [0.4, 0.5) is 14.6 Å². The van der Waals surface area contributed by atoms with Gasteiger partial charge < -0.3 is 5.32 Å². The molecule has 1 aromatic carbocycles. The van der Waals surface area contributed by atoms with E-state index in [1.165, 1.54) is 12.1 Å². The van der Waals surface area contributed by atoms with E-state index >= 15 is 0 Å². The van der Waals surface area contributed by atoms with Crippen LogP contribution in [-0.4, -0.2) is 15.9 Å². The molecule has 2 aliphatic carbocycles. The number of halogens is 3. The van der Waals surface area contributed by atoms with Crippen molar-refractivity contribution in [1.29, 1.82) is 0 Å². The predicted octanol–water partition coefficient (Wildman–Crippen LogP) is 6.42. The van der Waals surface area contributed by atoms with E-state index in [-0.39, 0.29) is 29.6 Å². The average Bonchev–Trinajstić information content (AvgIpc) is 3.55. The largest absolute Gasteiger partial charge is 0.310 e. The van der Waals surface area contributed by atoms with Crippen molar-refractivity contribution in [3.05, 3.63) is 82.0 Å². The van der Waals surface area contributed by atoms with Gasteiger partial charge in [0.25, 0.3) is 0 Å². The third kappa shape index (κ3) is 4.02. The topological polar surface area (TPSA) is 54.9 Å². The molecule has 1 atom stereocenters. The second kappa shape index (κ2) is 8.10. The van der Waals surface area contributed by atoms with Crippen LogP contribution in [-0.2, 0) is 11.2 Å². The number of carbonyl (C=O) groups is 1. The van der Waals surface area contributed by atoms with Gasteiger partial charge in [0.05, 0.1) is 12.1 Å². The molecule has 2 heterocycles. The van der Waals surface area contributed by atoms with Crippen LogP contribution in [0.25, 0.3) is 17.0 Å². The second-order valence-electron chi connectivity index (χ2n) is 8.36. The van der Waals surface area contributed by atoms with E-state index in [0.717, 1.165) is 18.4 Å². The Morgan fingerprint density at radius 2 is 1.94 bits per heavy atom. The van der Waals surface area contributed by atoms with Crippen LogP contribution in [0.1, 0.15) is 54.0 Å². The van der Waals surface area contributed by atoms with Gasteiger partial charge in [0, 0.05) is 34.5 Å². The van der Waals surface area contributed by atoms with Gasteiger partial charge in [-0.05, 0) is 59.7 Å². The summed E-state index contributed by atoms with van der Waals surface area (Å²) in [6, 6.07) is 7.91. The fraction of sp³-hybridized carbons (Fsp3) is 0.240. The molecule has 0 aliphatic heterocycles. The van der Waals surface area contributed by atoms with Gasteiger partial charge in [0.1, 0.15) is 17.5 Å². The van der Waals surface area contributed by atoms with Crippen LogP contribution in [0.2, 0.25) is 5.02 Å². The molecule has 32 heavy (non-hydrogen) atoms. The number of rotatable bonds is 5. The van der Waals surface area contributed by atoms with E-state index in [4.69, 9.17) is 11.6 Å². The molecule has 2 aromatic heterocycles. The Balaban J connectivity index is 1.30. The molecule has 3 aromatic rings. The third-order valence-corrected chi connectivity index (χ3v) is 6.23. The highest BCUT2D eigenvalue weighted by Gasteiger charge is 2.26. The van der Waals surface area contributed by atoms with Gasteiger partial charge in [-0.2, -0.15) is 0 Å². The summed E-state index contributed by atoms with van der Waals surface area (Å²) in [5.41, 5.74) is 3.55. The number of hydrogen-bond acceptors (Lipinski definition) is 3. The lowest BCUT2D eigenvalue weighted by molar-refractivity contribution is -0.115. The first-order valence-electron chi connectivity index (χ1n) is 10.5.